The molecule has 1 N–H and O–H groups in total. The molecule has 26 heavy (non-hydrogen) atoms. The van der Waals surface area contributed by atoms with Gasteiger partial charge in [-0.15, -0.1) is 22.7 Å². The van der Waals surface area contributed by atoms with Crippen LogP contribution in [-0.2, 0) is 6.54 Å². The van der Waals surface area contributed by atoms with Crippen LogP contribution in [0.5, 0.6) is 0 Å². The van der Waals surface area contributed by atoms with E-state index in [-0.39, 0.29) is 6.04 Å². The van der Waals surface area contributed by atoms with Crippen molar-refractivity contribution in [1.82, 2.24) is 10.3 Å². The van der Waals surface area contributed by atoms with Gasteiger partial charge in [0.1, 0.15) is 5.01 Å². The Balaban J connectivity index is 1.53. The molecule has 2 heterocycles. The number of thiophene rings is 1. The molecule has 5 heteroatoms. The lowest BCUT2D eigenvalue weighted by atomic mass is 10.1. The average Bonchev–Trinajstić information content (AvgIpc) is 3.36. The van der Waals surface area contributed by atoms with E-state index in [9.17, 15) is 0 Å². The van der Waals surface area contributed by atoms with Crippen molar-refractivity contribution in [3.05, 3.63) is 98.6 Å². The summed E-state index contributed by atoms with van der Waals surface area (Å²) in [7, 11) is 0. The van der Waals surface area contributed by atoms with Crippen molar-refractivity contribution < 1.29 is 0 Å². The summed E-state index contributed by atoms with van der Waals surface area (Å²) in [4.78, 5) is 6.07. The van der Waals surface area contributed by atoms with Crippen LogP contribution >= 0.6 is 34.3 Å². The van der Waals surface area contributed by atoms with Crippen molar-refractivity contribution in [2.75, 3.05) is 0 Å². The maximum Gasteiger partial charge on any atom is 0.125 e. The monoisotopic (exact) mass is 396 g/mol. The molecule has 0 aliphatic rings. The fourth-order valence-electron chi connectivity index (χ4n) is 2.84. The Bertz CT molecular complexity index is 965. The van der Waals surface area contributed by atoms with Gasteiger partial charge in [0.25, 0.3) is 0 Å². The third kappa shape index (κ3) is 3.89. The first-order chi connectivity index (χ1) is 12.8. The van der Waals surface area contributed by atoms with Crippen molar-refractivity contribution in [2.24, 2.45) is 0 Å². The number of nitrogens with zero attached hydrogens (tertiary/aromatic N) is 1. The number of benzene rings is 2. The van der Waals surface area contributed by atoms with E-state index in [0.717, 1.165) is 21.3 Å². The molecule has 1 atom stereocenters. The lowest BCUT2D eigenvalue weighted by molar-refractivity contribution is 0.606. The fraction of sp³-hybridized carbons (Fsp3) is 0.0952. The summed E-state index contributed by atoms with van der Waals surface area (Å²) in [5.41, 5.74) is 3.28. The topological polar surface area (TPSA) is 24.9 Å². The maximum absolute atomic E-state index is 6.30. The van der Waals surface area contributed by atoms with Crippen LogP contribution in [0.3, 0.4) is 0 Å². The van der Waals surface area contributed by atoms with Crippen LogP contribution in [0, 0.1) is 0 Å². The first kappa shape index (κ1) is 17.4. The van der Waals surface area contributed by atoms with Gasteiger partial charge < -0.3 is 0 Å². The Hall–Kier alpha value is -1.98. The molecule has 2 nitrogen and oxygen atoms in total. The summed E-state index contributed by atoms with van der Waals surface area (Å²) in [6, 6.07) is 22.8. The number of hydrogen-bond acceptors (Lipinski definition) is 4. The highest BCUT2D eigenvalue weighted by atomic mass is 35.5. The van der Waals surface area contributed by atoms with E-state index in [1.165, 1.54) is 10.4 Å². The molecular weight excluding hydrogens is 380 g/mol. The van der Waals surface area contributed by atoms with Gasteiger partial charge in [-0.2, -0.15) is 0 Å². The highest BCUT2D eigenvalue weighted by Crippen LogP contribution is 2.31. The lowest BCUT2D eigenvalue weighted by Gasteiger charge is -2.17. The number of hydrogen-bond donors (Lipinski definition) is 1. The van der Waals surface area contributed by atoms with E-state index in [0.29, 0.717) is 6.54 Å². The number of aromatic nitrogens is 1. The van der Waals surface area contributed by atoms with Crippen molar-refractivity contribution in [1.29, 1.82) is 0 Å². The van der Waals surface area contributed by atoms with E-state index in [1.54, 1.807) is 22.7 Å². The zero-order valence-corrected chi connectivity index (χ0v) is 16.3. The van der Waals surface area contributed by atoms with E-state index >= 15 is 0 Å². The minimum Gasteiger partial charge on any atom is -0.300 e. The molecule has 0 fully saturated rings. The summed E-state index contributed by atoms with van der Waals surface area (Å²) in [6.45, 7) is 0.707. The van der Waals surface area contributed by atoms with Gasteiger partial charge in [-0.3, -0.25) is 5.32 Å². The largest absolute Gasteiger partial charge is 0.300 e. The van der Waals surface area contributed by atoms with Gasteiger partial charge in [-0.1, -0.05) is 66.2 Å². The summed E-state index contributed by atoms with van der Waals surface area (Å²) >= 11 is 9.69. The molecule has 0 spiro atoms. The van der Waals surface area contributed by atoms with Gasteiger partial charge in [0.2, 0.25) is 0 Å². The van der Waals surface area contributed by atoms with E-state index < -0.39 is 0 Å². The van der Waals surface area contributed by atoms with Crippen molar-refractivity contribution in [3.63, 3.8) is 0 Å². The minimum atomic E-state index is 0.168. The normalized spacial score (nSPS) is 12.2. The second-order valence-electron chi connectivity index (χ2n) is 5.86. The second kappa shape index (κ2) is 8.14. The van der Waals surface area contributed by atoms with E-state index in [2.05, 4.69) is 52.5 Å². The lowest BCUT2D eigenvalue weighted by Crippen LogP contribution is -2.21. The summed E-state index contributed by atoms with van der Waals surface area (Å²) < 4.78 is 0. The van der Waals surface area contributed by atoms with Crippen LogP contribution in [0.25, 0.3) is 10.6 Å². The van der Waals surface area contributed by atoms with E-state index in [4.69, 9.17) is 16.6 Å². The predicted molar refractivity (Wildman–Crippen MR) is 112 cm³/mol. The standard InChI is InChI=1S/C21H17ClN2S2/c22-18-10-5-4-9-17(18)21-24-16(14-26-21)13-23-20(19-11-6-12-25-19)15-7-2-1-3-8-15/h1-12,14,20,23H,13H2/t20-/m1/s1. The fourth-order valence-corrected chi connectivity index (χ4v) is 4.80. The third-order valence-corrected chi connectivity index (χ3v) is 6.30. The van der Waals surface area contributed by atoms with Crippen LogP contribution < -0.4 is 5.32 Å². The molecule has 2 aromatic carbocycles. The predicted octanol–water partition coefficient (Wildman–Crippen LogP) is 6.40. The van der Waals surface area contributed by atoms with Crippen LogP contribution in [0.1, 0.15) is 22.2 Å². The molecule has 0 amide bonds. The van der Waals surface area contributed by atoms with Crippen LogP contribution in [0.15, 0.2) is 77.5 Å². The van der Waals surface area contributed by atoms with Crippen LogP contribution in [0.2, 0.25) is 5.02 Å². The van der Waals surface area contributed by atoms with Gasteiger partial charge in [-0.25, -0.2) is 4.98 Å². The first-order valence-corrected chi connectivity index (χ1v) is 10.5. The SMILES string of the molecule is Clc1ccccc1-c1nc(CN[C@H](c2ccccc2)c2cccs2)cs1. The Morgan fingerprint density at radius 3 is 2.50 bits per heavy atom. The third-order valence-electron chi connectivity index (χ3n) is 4.10. The Kier molecular flexibility index (Phi) is 5.46. The molecule has 0 aliphatic heterocycles. The molecule has 0 aliphatic carbocycles. The quantitative estimate of drug-likeness (QED) is 0.407. The molecule has 2 aromatic heterocycles. The molecule has 0 saturated carbocycles. The zero-order chi connectivity index (χ0) is 17.8. The molecule has 0 bridgehead atoms. The average molecular weight is 397 g/mol. The molecular formula is C21H17ClN2S2. The number of thiazole rings is 1. The van der Waals surface area contributed by atoms with Gasteiger partial charge >= 0.3 is 0 Å². The van der Waals surface area contributed by atoms with Crippen molar-refractivity contribution in [3.8, 4) is 10.6 Å². The number of rotatable bonds is 6. The maximum atomic E-state index is 6.30. The molecule has 0 saturated heterocycles. The van der Waals surface area contributed by atoms with E-state index in [1.807, 2.05) is 30.3 Å². The van der Waals surface area contributed by atoms with Crippen molar-refractivity contribution >= 4 is 34.3 Å². The molecule has 4 aromatic rings. The van der Waals surface area contributed by atoms with Gasteiger partial charge in [-0.05, 0) is 23.1 Å². The first-order valence-electron chi connectivity index (χ1n) is 8.32. The summed E-state index contributed by atoms with van der Waals surface area (Å²) in [5.74, 6) is 0. The smallest absolute Gasteiger partial charge is 0.125 e. The van der Waals surface area contributed by atoms with Gasteiger partial charge in [0, 0.05) is 22.4 Å². The number of halogens is 1. The Labute approximate surface area is 166 Å². The van der Waals surface area contributed by atoms with Crippen LogP contribution in [0.4, 0.5) is 0 Å². The molecule has 0 unspecified atom stereocenters. The zero-order valence-electron chi connectivity index (χ0n) is 13.9. The van der Waals surface area contributed by atoms with Gasteiger partial charge in [0.15, 0.2) is 0 Å². The highest BCUT2D eigenvalue weighted by molar-refractivity contribution is 7.13. The molecule has 130 valence electrons. The molecule has 4 rings (SSSR count). The summed E-state index contributed by atoms with van der Waals surface area (Å²) in [6.07, 6.45) is 0. The minimum absolute atomic E-state index is 0.168. The van der Waals surface area contributed by atoms with Crippen LogP contribution in [-0.4, -0.2) is 4.98 Å². The Morgan fingerprint density at radius 1 is 0.923 bits per heavy atom. The Morgan fingerprint density at radius 2 is 1.73 bits per heavy atom. The highest BCUT2D eigenvalue weighted by Gasteiger charge is 2.15. The van der Waals surface area contributed by atoms with Gasteiger partial charge in [0.05, 0.1) is 16.8 Å². The summed E-state index contributed by atoms with van der Waals surface area (Å²) in [5, 5.41) is 9.57. The number of nitrogens with one attached hydrogen (secondary N) is 1. The van der Waals surface area contributed by atoms with Crippen molar-refractivity contribution in [2.45, 2.75) is 12.6 Å². The second-order valence-corrected chi connectivity index (χ2v) is 8.11. The molecule has 0 radical (unpaired) electrons.